The predicted octanol–water partition coefficient (Wildman–Crippen LogP) is 0.881. The number of aliphatic hydroxyl groups is 1. The Morgan fingerprint density at radius 2 is 2.15 bits per heavy atom. The Hall–Kier alpha value is -2.06. The molecule has 0 amide bonds. The molecule has 1 saturated heterocycles. The first kappa shape index (κ1) is 19.7. The van der Waals surface area contributed by atoms with Crippen molar-refractivity contribution in [3.63, 3.8) is 0 Å². The highest BCUT2D eigenvalue weighted by atomic mass is 16.5. The van der Waals surface area contributed by atoms with Crippen LogP contribution < -0.4 is 10.1 Å². The highest BCUT2D eigenvalue weighted by molar-refractivity contribution is 5.28. The van der Waals surface area contributed by atoms with Crippen molar-refractivity contribution in [2.24, 2.45) is 0 Å². The lowest BCUT2D eigenvalue weighted by Gasteiger charge is -2.28. The van der Waals surface area contributed by atoms with E-state index >= 15 is 0 Å². The first-order valence-electron chi connectivity index (χ1n) is 9.45. The van der Waals surface area contributed by atoms with Crippen LogP contribution in [0.15, 0.2) is 42.9 Å². The van der Waals surface area contributed by atoms with E-state index in [1.807, 2.05) is 18.2 Å². The minimum Gasteiger partial charge on any atom is -0.491 e. The first-order chi connectivity index (χ1) is 13.3. The van der Waals surface area contributed by atoms with Gasteiger partial charge >= 0.3 is 0 Å². The van der Waals surface area contributed by atoms with E-state index in [1.54, 1.807) is 18.6 Å². The molecular formula is C20H28N4O3. The van der Waals surface area contributed by atoms with E-state index in [0.717, 1.165) is 62.8 Å². The number of benzene rings is 1. The summed E-state index contributed by atoms with van der Waals surface area (Å²) in [6.07, 6.45) is 5.52. The van der Waals surface area contributed by atoms with E-state index in [4.69, 9.17) is 9.47 Å². The van der Waals surface area contributed by atoms with E-state index in [0.29, 0.717) is 13.2 Å². The fourth-order valence-corrected chi connectivity index (χ4v) is 2.98. The largest absolute Gasteiger partial charge is 0.491 e. The van der Waals surface area contributed by atoms with Crippen molar-refractivity contribution in [2.45, 2.75) is 19.1 Å². The Bertz CT molecular complexity index is 665. The Morgan fingerprint density at radius 1 is 1.26 bits per heavy atom. The van der Waals surface area contributed by atoms with Gasteiger partial charge in [0.25, 0.3) is 0 Å². The fourth-order valence-electron chi connectivity index (χ4n) is 2.98. The second-order valence-electron chi connectivity index (χ2n) is 6.65. The summed E-state index contributed by atoms with van der Waals surface area (Å²) in [6.45, 7) is 5.71. The number of ether oxygens (including phenoxy) is 2. The molecule has 1 fully saturated rings. The molecule has 0 aliphatic carbocycles. The number of morpholine rings is 1. The van der Waals surface area contributed by atoms with E-state index in [9.17, 15) is 5.11 Å². The number of hydrogen-bond acceptors (Lipinski definition) is 7. The summed E-state index contributed by atoms with van der Waals surface area (Å²) >= 11 is 0. The number of aromatic nitrogens is 2. The topological polar surface area (TPSA) is 79.7 Å². The number of rotatable bonds is 10. The zero-order valence-electron chi connectivity index (χ0n) is 15.6. The van der Waals surface area contributed by atoms with Gasteiger partial charge in [-0.2, -0.15) is 0 Å². The van der Waals surface area contributed by atoms with Gasteiger partial charge in [-0.3, -0.25) is 14.9 Å². The maximum Gasteiger partial charge on any atom is 0.119 e. The molecule has 1 aromatic carbocycles. The van der Waals surface area contributed by atoms with Crippen LogP contribution in [0.25, 0.3) is 0 Å². The van der Waals surface area contributed by atoms with Crippen molar-refractivity contribution in [3.8, 4) is 5.75 Å². The van der Waals surface area contributed by atoms with Crippen LogP contribution in [0.4, 0.5) is 0 Å². The van der Waals surface area contributed by atoms with Crippen LogP contribution in [-0.2, 0) is 17.7 Å². The molecule has 1 unspecified atom stereocenters. The average molecular weight is 372 g/mol. The van der Waals surface area contributed by atoms with Gasteiger partial charge in [-0.05, 0) is 17.7 Å². The van der Waals surface area contributed by atoms with Crippen LogP contribution in [0, 0.1) is 0 Å². The lowest BCUT2D eigenvalue weighted by Crippen LogP contribution is -2.42. The Labute approximate surface area is 160 Å². The smallest absolute Gasteiger partial charge is 0.119 e. The molecule has 7 nitrogen and oxygen atoms in total. The van der Waals surface area contributed by atoms with E-state index in [-0.39, 0.29) is 0 Å². The molecule has 0 bridgehead atoms. The monoisotopic (exact) mass is 372 g/mol. The zero-order chi connectivity index (χ0) is 18.7. The van der Waals surface area contributed by atoms with E-state index in [2.05, 4.69) is 26.3 Å². The quantitative estimate of drug-likeness (QED) is 0.599. The van der Waals surface area contributed by atoms with Crippen molar-refractivity contribution in [1.82, 2.24) is 20.2 Å². The number of nitrogens with one attached hydrogen (secondary N) is 1. The zero-order valence-corrected chi connectivity index (χ0v) is 15.6. The first-order valence-corrected chi connectivity index (χ1v) is 9.45. The maximum absolute atomic E-state index is 10.2. The molecule has 2 N–H and O–H groups in total. The van der Waals surface area contributed by atoms with E-state index < -0.39 is 6.10 Å². The Balaban J connectivity index is 1.36. The molecule has 1 aliphatic rings. The molecule has 2 heterocycles. The molecule has 0 radical (unpaired) electrons. The summed E-state index contributed by atoms with van der Waals surface area (Å²) in [6, 6.07) is 7.97. The maximum atomic E-state index is 10.2. The summed E-state index contributed by atoms with van der Waals surface area (Å²) in [5.74, 6) is 0.782. The van der Waals surface area contributed by atoms with Crippen molar-refractivity contribution in [3.05, 3.63) is 54.1 Å². The molecule has 7 heteroatoms. The predicted molar refractivity (Wildman–Crippen MR) is 103 cm³/mol. The van der Waals surface area contributed by atoms with Gasteiger partial charge in [0.1, 0.15) is 18.5 Å². The number of β-amino-alcohol motifs (C(OH)–C–C–N with tert-alkyl or cyclic N) is 1. The fraction of sp³-hybridized carbons (Fsp3) is 0.500. The molecule has 1 aromatic heterocycles. The molecule has 27 heavy (non-hydrogen) atoms. The highest BCUT2D eigenvalue weighted by Crippen LogP contribution is 2.14. The SMILES string of the molecule is OC(COc1cccc(CNCCc2cnccn2)c1)CN1CCOCC1. The number of nitrogens with zero attached hydrogens (tertiary/aromatic N) is 3. The van der Waals surface area contributed by atoms with Gasteiger partial charge in [0.05, 0.1) is 18.9 Å². The second-order valence-corrected chi connectivity index (χ2v) is 6.65. The van der Waals surface area contributed by atoms with Crippen molar-refractivity contribution in [1.29, 1.82) is 0 Å². The molecule has 0 saturated carbocycles. The molecular weight excluding hydrogens is 344 g/mol. The van der Waals surface area contributed by atoms with Crippen LogP contribution in [0.1, 0.15) is 11.3 Å². The number of aliphatic hydroxyl groups excluding tert-OH is 1. The molecule has 146 valence electrons. The summed E-state index contributed by atoms with van der Waals surface area (Å²) in [5.41, 5.74) is 2.13. The molecule has 0 spiro atoms. The third-order valence-electron chi connectivity index (χ3n) is 4.42. The Kier molecular flexibility index (Phi) is 7.98. The van der Waals surface area contributed by atoms with Gasteiger partial charge in [0, 0.05) is 57.7 Å². The van der Waals surface area contributed by atoms with Gasteiger partial charge in [0.15, 0.2) is 0 Å². The highest BCUT2D eigenvalue weighted by Gasteiger charge is 2.15. The Morgan fingerprint density at radius 3 is 2.96 bits per heavy atom. The third kappa shape index (κ3) is 7.22. The van der Waals surface area contributed by atoms with Crippen LogP contribution in [0.2, 0.25) is 0 Å². The molecule has 1 atom stereocenters. The van der Waals surface area contributed by atoms with Crippen LogP contribution >= 0.6 is 0 Å². The van der Waals surface area contributed by atoms with Gasteiger partial charge < -0.3 is 19.9 Å². The molecule has 3 rings (SSSR count). The van der Waals surface area contributed by atoms with Crippen LogP contribution in [0.3, 0.4) is 0 Å². The van der Waals surface area contributed by atoms with Gasteiger partial charge in [-0.1, -0.05) is 12.1 Å². The average Bonchev–Trinajstić information content (AvgIpc) is 2.72. The van der Waals surface area contributed by atoms with Gasteiger partial charge in [-0.25, -0.2) is 0 Å². The van der Waals surface area contributed by atoms with E-state index in [1.165, 1.54) is 0 Å². The van der Waals surface area contributed by atoms with Crippen molar-refractivity contribution >= 4 is 0 Å². The van der Waals surface area contributed by atoms with Crippen molar-refractivity contribution < 1.29 is 14.6 Å². The summed E-state index contributed by atoms with van der Waals surface area (Å²) in [7, 11) is 0. The summed E-state index contributed by atoms with van der Waals surface area (Å²) in [4.78, 5) is 10.5. The minimum absolute atomic E-state index is 0.293. The minimum atomic E-state index is -0.503. The van der Waals surface area contributed by atoms with Gasteiger partial charge in [-0.15, -0.1) is 0 Å². The standard InChI is InChI=1S/C20H28N4O3/c25-19(15-24-8-10-26-11-9-24)16-27-20-3-1-2-17(12-20)13-21-5-4-18-14-22-6-7-23-18/h1-3,6-7,12,14,19,21,25H,4-5,8-11,13,15-16H2. The summed E-state index contributed by atoms with van der Waals surface area (Å²) in [5, 5.41) is 13.6. The van der Waals surface area contributed by atoms with Crippen LogP contribution in [0.5, 0.6) is 5.75 Å². The van der Waals surface area contributed by atoms with Crippen LogP contribution in [-0.4, -0.2) is 72.1 Å². The third-order valence-corrected chi connectivity index (χ3v) is 4.42. The molecule has 1 aliphatic heterocycles. The lowest BCUT2D eigenvalue weighted by molar-refractivity contribution is 0.00465. The normalized spacial score (nSPS) is 16.2. The van der Waals surface area contributed by atoms with Gasteiger partial charge in [0.2, 0.25) is 0 Å². The lowest BCUT2D eigenvalue weighted by atomic mass is 10.2. The number of hydrogen-bond donors (Lipinski definition) is 2. The second kappa shape index (κ2) is 10.9. The summed E-state index contributed by atoms with van der Waals surface area (Å²) < 4.78 is 11.1. The van der Waals surface area contributed by atoms with Crippen molar-refractivity contribution in [2.75, 3.05) is 46.0 Å². The molecule has 2 aromatic rings.